The number of imidazole rings is 1. The molecule has 164 valence electrons. The Morgan fingerprint density at radius 3 is 2.75 bits per heavy atom. The summed E-state index contributed by atoms with van der Waals surface area (Å²) in [5.41, 5.74) is 0.504. The van der Waals surface area contributed by atoms with Crippen molar-refractivity contribution in [2.45, 2.75) is 19.0 Å². The second-order valence-corrected chi connectivity index (χ2v) is 8.50. The predicted octanol–water partition coefficient (Wildman–Crippen LogP) is 3.23. The van der Waals surface area contributed by atoms with Crippen LogP contribution in [0.25, 0.3) is 5.76 Å². The lowest BCUT2D eigenvalue weighted by molar-refractivity contribution is -0.139. The van der Waals surface area contributed by atoms with E-state index in [-0.39, 0.29) is 11.3 Å². The molecule has 0 spiro atoms. The number of hydrogen-bond donors (Lipinski definition) is 1. The van der Waals surface area contributed by atoms with Gasteiger partial charge in [-0.1, -0.05) is 6.07 Å². The van der Waals surface area contributed by atoms with Crippen LogP contribution in [0.4, 0.5) is 0 Å². The summed E-state index contributed by atoms with van der Waals surface area (Å²) in [6.45, 7) is 1.92. The maximum absolute atomic E-state index is 13.0. The number of aliphatic hydroxyl groups excluding tert-OH is 1. The molecule has 2 aliphatic rings. The molecule has 1 atom stereocenters. The third-order valence-electron chi connectivity index (χ3n) is 5.54. The van der Waals surface area contributed by atoms with Gasteiger partial charge in [-0.2, -0.15) is 0 Å². The zero-order valence-electron chi connectivity index (χ0n) is 17.1. The average molecular weight is 452 g/mol. The molecule has 0 radical (unpaired) electrons. The standard InChI is InChI=1S/C23H21N3O5S/c27-21(15-4-5-16-17(13-15)31-11-10-30-16)19-20(18-3-1-12-32-18)26(23(29)22(19)28)8-2-7-25-9-6-24-14-25/h1,3-6,9,12-14,20,27H,2,7-8,10-11H2/b21-19+/t20-/m0/s1. The maximum atomic E-state index is 13.0. The third-order valence-corrected chi connectivity index (χ3v) is 6.47. The number of nitrogens with zero attached hydrogens (tertiary/aromatic N) is 3. The number of benzene rings is 1. The summed E-state index contributed by atoms with van der Waals surface area (Å²) >= 11 is 1.45. The molecule has 0 unspecified atom stereocenters. The van der Waals surface area contributed by atoms with Gasteiger partial charge in [0.05, 0.1) is 17.9 Å². The number of thiophene rings is 1. The van der Waals surface area contributed by atoms with Gasteiger partial charge in [0, 0.05) is 35.9 Å². The molecule has 5 rings (SSSR count). The van der Waals surface area contributed by atoms with Crippen molar-refractivity contribution in [2.24, 2.45) is 0 Å². The van der Waals surface area contributed by atoms with Gasteiger partial charge in [0.15, 0.2) is 11.5 Å². The van der Waals surface area contributed by atoms with Crippen molar-refractivity contribution in [1.82, 2.24) is 14.5 Å². The van der Waals surface area contributed by atoms with Crippen molar-refractivity contribution in [2.75, 3.05) is 19.8 Å². The number of rotatable bonds is 6. The Balaban J connectivity index is 1.49. The highest BCUT2D eigenvalue weighted by Crippen LogP contribution is 2.42. The Bertz CT molecular complexity index is 1170. The largest absolute Gasteiger partial charge is 0.507 e. The van der Waals surface area contributed by atoms with Crippen molar-refractivity contribution < 1.29 is 24.2 Å². The van der Waals surface area contributed by atoms with Crippen LogP contribution in [0.2, 0.25) is 0 Å². The Labute approximate surface area is 188 Å². The molecule has 2 aliphatic heterocycles. The number of Topliss-reactive ketones (excluding diaryl/α,β-unsaturated/α-hetero) is 1. The van der Waals surface area contributed by atoms with Gasteiger partial charge in [0.25, 0.3) is 11.7 Å². The zero-order valence-corrected chi connectivity index (χ0v) is 18.0. The minimum absolute atomic E-state index is 0.0942. The van der Waals surface area contributed by atoms with Gasteiger partial charge in [0.2, 0.25) is 0 Å². The minimum atomic E-state index is -0.682. The Kier molecular flexibility index (Phi) is 5.40. The monoisotopic (exact) mass is 451 g/mol. The molecule has 4 heterocycles. The molecule has 1 aromatic carbocycles. The van der Waals surface area contributed by atoms with E-state index in [2.05, 4.69) is 4.98 Å². The molecule has 2 aromatic heterocycles. The van der Waals surface area contributed by atoms with Crippen LogP contribution in [0.5, 0.6) is 11.5 Å². The van der Waals surface area contributed by atoms with E-state index in [1.54, 1.807) is 35.6 Å². The molecular formula is C23H21N3O5S. The normalized spacial score (nSPS) is 19.5. The number of ether oxygens (including phenoxy) is 2. The summed E-state index contributed by atoms with van der Waals surface area (Å²) in [7, 11) is 0. The summed E-state index contributed by atoms with van der Waals surface area (Å²) in [4.78, 5) is 32.4. The summed E-state index contributed by atoms with van der Waals surface area (Å²) in [5, 5.41) is 13.0. The van der Waals surface area contributed by atoms with Gasteiger partial charge in [0.1, 0.15) is 19.0 Å². The number of carbonyl (C=O) groups is 2. The van der Waals surface area contributed by atoms with E-state index in [1.165, 1.54) is 11.3 Å². The van der Waals surface area contributed by atoms with Crippen LogP contribution in [-0.4, -0.2) is 51.0 Å². The van der Waals surface area contributed by atoms with Gasteiger partial charge in [-0.05, 0) is 36.1 Å². The molecule has 8 nitrogen and oxygen atoms in total. The number of likely N-dealkylation sites (tertiary alicyclic amines) is 1. The molecule has 0 aliphatic carbocycles. The highest BCUT2D eigenvalue weighted by atomic mass is 32.1. The van der Waals surface area contributed by atoms with E-state index in [1.807, 2.05) is 28.3 Å². The first-order valence-corrected chi connectivity index (χ1v) is 11.2. The van der Waals surface area contributed by atoms with Gasteiger partial charge in [-0.25, -0.2) is 4.98 Å². The number of carbonyl (C=O) groups excluding carboxylic acids is 2. The molecule has 1 fully saturated rings. The van der Waals surface area contributed by atoms with Gasteiger partial charge in [-0.15, -0.1) is 11.3 Å². The molecule has 32 heavy (non-hydrogen) atoms. The fourth-order valence-corrected chi connectivity index (χ4v) is 4.89. The summed E-state index contributed by atoms with van der Waals surface area (Å²) < 4.78 is 13.1. The fourth-order valence-electron chi connectivity index (χ4n) is 4.04. The van der Waals surface area contributed by atoms with Crippen LogP contribution in [0.3, 0.4) is 0 Å². The number of amides is 1. The first-order valence-electron chi connectivity index (χ1n) is 10.3. The lowest BCUT2D eigenvalue weighted by Crippen LogP contribution is -2.31. The summed E-state index contributed by atoms with van der Waals surface area (Å²) in [5.74, 6) is -0.410. The molecular weight excluding hydrogens is 430 g/mol. The van der Waals surface area contributed by atoms with Gasteiger partial charge in [-0.3, -0.25) is 9.59 Å². The average Bonchev–Trinajstić information content (AvgIpc) is 3.57. The predicted molar refractivity (Wildman–Crippen MR) is 118 cm³/mol. The number of aryl methyl sites for hydroxylation is 1. The molecule has 9 heteroatoms. The molecule has 3 aromatic rings. The van der Waals surface area contributed by atoms with Crippen LogP contribution < -0.4 is 9.47 Å². The Hall–Kier alpha value is -3.59. The third kappa shape index (κ3) is 3.64. The first kappa shape index (κ1) is 20.3. The lowest BCUT2D eigenvalue weighted by Gasteiger charge is -2.24. The van der Waals surface area contributed by atoms with E-state index >= 15 is 0 Å². The Morgan fingerprint density at radius 2 is 2.00 bits per heavy atom. The van der Waals surface area contributed by atoms with E-state index in [9.17, 15) is 14.7 Å². The lowest BCUT2D eigenvalue weighted by atomic mass is 9.99. The van der Waals surface area contributed by atoms with Gasteiger partial charge >= 0.3 is 0 Å². The maximum Gasteiger partial charge on any atom is 0.295 e. The summed E-state index contributed by atoms with van der Waals surface area (Å²) in [6, 6.07) is 8.12. The quantitative estimate of drug-likeness (QED) is 0.351. The fraction of sp³-hybridized carbons (Fsp3) is 0.261. The van der Waals surface area contributed by atoms with Crippen molar-refractivity contribution in [3.8, 4) is 11.5 Å². The highest BCUT2D eigenvalue weighted by Gasteiger charge is 2.46. The van der Waals surface area contributed by atoms with E-state index in [4.69, 9.17) is 9.47 Å². The van der Waals surface area contributed by atoms with E-state index in [0.29, 0.717) is 49.8 Å². The smallest absolute Gasteiger partial charge is 0.295 e. The van der Waals surface area contributed by atoms with Crippen LogP contribution in [0.15, 0.2) is 60.0 Å². The minimum Gasteiger partial charge on any atom is -0.507 e. The number of ketones is 1. The molecule has 1 N–H and O–H groups in total. The second kappa shape index (κ2) is 8.51. The van der Waals surface area contributed by atoms with Crippen molar-refractivity contribution in [3.05, 3.63) is 70.4 Å². The number of hydrogen-bond acceptors (Lipinski definition) is 7. The number of aliphatic hydroxyl groups is 1. The van der Waals surface area contributed by atoms with Crippen LogP contribution in [0.1, 0.15) is 22.9 Å². The molecule has 1 amide bonds. The summed E-state index contributed by atoms with van der Waals surface area (Å²) in [6.07, 6.45) is 5.92. The van der Waals surface area contributed by atoms with Crippen molar-refractivity contribution in [1.29, 1.82) is 0 Å². The van der Waals surface area contributed by atoms with Crippen LogP contribution >= 0.6 is 11.3 Å². The van der Waals surface area contributed by atoms with Crippen LogP contribution in [0, 0.1) is 0 Å². The topological polar surface area (TPSA) is 93.9 Å². The van der Waals surface area contributed by atoms with Crippen LogP contribution in [-0.2, 0) is 16.1 Å². The zero-order chi connectivity index (χ0) is 22.1. The molecule has 0 saturated carbocycles. The van der Waals surface area contributed by atoms with E-state index in [0.717, 1.165) is 4.88 Å². The number of fused-ring (bicyclic) bond motifs is 1. The van der Waals surface area contributed by atoms with E-state index < -0.39 is 17.7 Å². The Morgan fingerprint density at radius 1 is 1.16 bits per heavy atom. The number of aromatic nitrogens is 2. The van der Waals surface area contributed by atoms with Crippen molar-refractivity contribution in [3.63, 3.8) is 0 Å². The second-order valence-electron chi connectivity index (χ2n) is 7.52. The molecule has 1 saturated heterocycles. The van der Waals surface area contributed by atoms with Gasteiger partial charge < -0.3 is 24.0 Å². The highest BCUT2D eigenvalue weighted by molar-refractivity contribution is 7.10. The van der Waals surface area contributed by atoms with Crippen molar-refractivity contribution >= 4 is 28.8 Å². The molecule has 0 bridgehead atoms. The first-order chi connectivity index (χ1) is 15.6. The SMILES string of the molecule is O=C1C(=O)N(CCCn2ccnc2)[C@@H](c2cccs2)/C1=C(\O)c1ccc2c(c1)OCCO2.